The van der Waals surface area contributed by atoms with E-state index in [9.17, 15) is 4.79 Å². The molecule has 1 heterocycles. The van der Waals surface area contributed by atoms with E-state index in [2.05, 4.69) is 9.97 Å². The zero-order valence-electron chi connectivity index (χ0n) is 10.7. The molecule has 4 heteroatoms. The molecule has 1 fully saturated rings. The van der Waals surface area contributed by atoms with Gasteiger partial charge in [-0.1, -0.05) is 0 Å². The zero-order valence-corrected chi connectivity index (χ0v) is 10.7. The maximum absolute atomic E-state index is 11.7. The normalized spacial score (nSPS) is 20.6. The Morgan fingerprint density at radius 3 is 3.00 bits per heavy atom. The van der Waals surface area contributed by atoms with Crippen LogP contribution >= 0.6 is 0 Å². The zero-order chi connectivity index (χ0) is 12.5. The topological polar surface area (TPSA) is 52.1 Å². The van der Waals surface area contributed by atoms with Crippen LogP contribution in [-0.2, 0) is 11.2 Å². The molecule has 1 saturated carbocycles. The summed E-state index contributed by atoms with van der Waals surface area (Å²) in [6, 6.07) is 0. The highest BCUT2D eigenvalue weighted by Gasteiger charge is 2.35. The van der Waals surface area contributed by atoms with Gasteiger partial charge in [0.25, 0.3) is 0 Å². The number of fused-ring (bicyclic) bond motifs is 1. The van der Waals surface area contributed by atoms with Gasteiger partial charge in [0.2, 0.25) is 0 Å². The maximum Gasteiger partial charge on any atom is 0.166 e. The lowest BCUT2D eigenvalue weighted by Gasteiger charge is -2.18. The van der Waals surface area contributed by atoms with Crippen LogP contribution in [0, 0.1) is 5.92 Å². The van der Waals surface area contributed by atoms with Gasteiger partial charge in [-0.05, 0) is 38.5 Å². The third-order valence-electron chi connectivity index (χ3n) is 3.66. The van der Waals surface area contributed by atoms with Gasteiger partial charge in [-0.25, -0.2) is 9.97 Å². The summed E-state index contributed by atoms with van der Waals surface area (Å²) in [5.41, 5.74) is 1.64. The van der Waals surface area contributed by atoms with Gasteiger partial charge in [0.05, 0.1) is 11.3 Å². The summed E-state index contributed by atoms with van der Waals surface area (Å²) in [5.74, 6) is 1.53. The molecule has 0 saturated heterocycles. The van der Waals surface area contributed by atoms with E-state index >= 15 is 0 Å². The van der Waals surface area contributed by atoms with E-state index in [0.717, 1.165) is 29.9 Å². The molecule has 1 atom stereocenters. The first-order valence-corrected chi connectivity index (χ1v) is 6.80. The molecule has 1 aromatic heterocycles. The van der Waals surface area contributed by atoms with Crippen molar-refractivity contribution in [3.8, 4) is 0 Å². The number of ketones is 1. The molecule has 0 radical (unpaired) electrons. The molecule has 0 bridgehead atoms. The summed E-state index contributed by atoms with van der Waals surface area (Å²) in [4.78, 5) is 20.7. The Balaban J connectivity index is 1.90. The van der Waals surface area contributed by atoms with E-state index in [1.54, 1.807) is 6.20 Å². The molecule has 0 amide bonds. The number of aryl methyl sites for hydroxylation is 1. The monoisotopic (exact) mass is 246 g/mol. The highest BCUT2D eigenvalue weighted by molar-refractivity contribution is 5.97. The van der Waals surface area contributed by atoms with Crippen molar-refractivity contribution in [1.82, 2.24) is 9.97 Å². The van der Waals surface area contributed by atoms with Crippen LogP contribution in [0.1, 0.15) is 60.6 Å². The number of aromatic nitrogens is 2. The lowest BCUT2D eigenvalue weighted by atomic mass is 9.96. The smallest absolute Gasteiger partial charge is 0.166 e. The average Bonchev–Trinajstić information content (AvgIpc) is 3.20. The molecule has 2 aliphatic carbocycles. The van der Waals surface area contributed by atoms with E-state index in [1.165, 1.54) is 12.8 Å². The van der Waals surface area contributed by atoms with Crippen molar-refractivity contribution in [3.05, 3.63) is 23.3 Å². The molecule has 0 N–H and O–H groups in total. The lowest BCUT2D eigenvalue weighted by molar-refractivity contribution is 0.0397. The Kier molecular flexibility index (Phi) is 3.12. The van der Waals surface area contributed by atoms with Crippen molar-refractivity contribution < 1.29 is 9.53 Å². The second kappa shape index (κ2) is 4.76. The fourth-order valence-corrected chi connectivity index (χ4v) is 2.54. The average molecular weight is 246 g/mol. The Morgan fingerprint density at radius 2 is 2.28 bits per heavy atom. The molecule has 0 aliphatic heterocycles. The van der Waals surface area contributed by atoms with Gasteiger partial charge < -0.3 is 4.74 Å². The summed E-state index contributed by atoms with van der Waals surface area (Å²) in [5, 5.41) is 0. The number of hydrogen-bond acceptors (Lipinski definition) is 4. The minimum absolute atomic E-state index is 0.0253. The minimum atomic E-state index is 0.0253. The van der Waals surface area contributed by atoms with Gasteiger partial charge in [0, 0.05) is 19.2 Å². The second-order valence-electron chi connectivity index (χ2n) is 5.08. The fourth-order valence-electron chi connectivity index (χ4n) is 2.54. The van der Waals surface area contributed by atoms with Crippen LogP contribution in [0.5, 0.6) is 0 Å². The van der Waals surface area contributed by atoms with Gasteiger partial charge in [0.15, 0.2) is 11.6 Å². The highest BCUT2D eigenvalue weighted by atomic mass is 16.5. The summed E-state index contributed by atoms with van der Waals surface area (Å²) in [6.45, 7) is 2.68. The van der Waals surface area contributed by atoms with Gasteiger partial charge in [-0.3, -0.25) is 4.79 Å². The summed E-state index contributed by atoms with van der Waals surface area (Å²) in [6.07, 6.45) is 6.55. The largest absolute Gasteiger partial charge is 0.370 e. The molecule has 0 aromatic carbocycles. The van der Waals surface area contributed by atoms with Crippen LogP contribution in [0.4, 0.5) is 0 Å². The fraction of sp³-hybridized carbons (Fsp3) is 0.643. The van der Waals surface area contributed by atoms with Crippen LogP contribution in [0.25, 0.3) is 0 Å². The third kappa shape index (κ3) is 2.17. The van der Waals surface area contributed by atoms with Crippen LogP contribution in [0.3, 0.4) is 0 Å². The van der Waals surface area contributed by atoms with Gasteiger partial charge in [0.1, 0.15) is 6.10 Å². The highest BCUT2D eigenvalue weighted by Crippen LogP contribution is 2.42. The van der Waals surface area contributed by atoms with E-state index in [4.69, 9.17) is 4.74 Å². The second-order valence-corrected chi connectivity index (χ2v) is 5.08. The molecular formula is C14H18N2O2. The first kappa shape index (κ1) is 11.8. The van der Waals surface area contributed by atoms with Crippen LogP contribution in [-0.4, -0.2) is 22.4 Å². The minimum Gasteiger partial charge on any atom is -0.370 e. The SMILES string of the molecule is CCOC(c1ncc2c(n1)CCCC2=O)C1CC1. The molecule has 1 aromatic rings. The van der Waals surface area contributed by atoms with E-state index in [1.807, 2.05) is 6.92 Å². The quantitative estimate of drug-likeness (QED) is 0.819. The van der Waals surface area contributed by atoms with Crippen molar-refractivity contribution >= 4 is 5.78 Å². The summed E-state index contributed by atoms with van der Waals surface area (Å²) in [7, 11) is 0. The predicted octanol–water partition coefficient (Wildman–Crippen LogP) is 2.48. The summed E-state index contributed by atoms with van der Waals surface area (Å²) < 4.78 is 5.76. The Labute approximate surface area is 107 Å². The van der Waals surface area contributed by atoms with Crippen LogP contribution in [0.15, 0.2) is 6.20 Å². The molecule has 3 rings (SSSR count). The van der Waals surface area contributed by atoms with Crippen molar-refractivity contribution in [2.45, 2.75) is 45.1 Å². The Bertz CT molecular complexity index is 469. The molecule has 1 unspecified atom stereocenters. The van der Waals surface area contributed by atoms with Crippen molar-refractivity contribution in [2.75, 3.05) is 6.61 Å². The van der Waals surface area contributed by atoms with Gasteiger partial charge in [-0.15, -0.1) is 0 Å². The Morgan fingerprint density at radius 1 is 1.44 bits per heavy atom. The third-order valence-corrected chi connectivity index (χ3v) is 3.66. The molecular weight excluding hydrogens is 228 g/mol. The number of hydrogen-bond donors (Lipinski definition) is 0. The summed E-state index contributed by atoms with van der Waals surface area (Å²) >= 11 is 0. The number of carbonyl (C=O) groups is 1. The number of nitrogens with zero attached hydrogens (tertiary/aromatic N) is 2. The van der Waals surface area contributed by atoms with Crippen molar-refractivity contribution in [1.29, 1.82) is 0 Å². The van der Waals surface area contributed by atoms with E-state index in [-0.39, 0.29) is 11.9 Å². The maximum atomic E-state index is 11.7. The van der Waals surface area contributed by atoms with E-state index < -0.39 is 0 Å². The first-order chi connectivity index (χ1) is 8.79. The number of ether oxygens (including phenoxy) is 1. The van der Waals surface area contributed by atoms with Gasteiger partial charge >= 0.3 is 0 Å². The molecule has 0 spiro atoms. The number of rotatable bonds is 4. The predicted molar refractivity (Wildman–Crippen MR) is 66.4 cm³/mol. The first-order valence-electron chi connectivity index (χ1n) is 6.80. The molecule has 4 nitrogen and oxygen atoms in total. The lowest BCUT2D eigenvalue weighted by Crippen LogP contribution is -2.18. The number of carbonyl (C=O) groups excluding carboxylic acids is 1. The molecule has 18 heavy (non-hydrogen) atoms. The van der Waals surface area contributed by atoms with Crippen LogP contribution < -0.4 is 0 Å². The van der Waals surface area contributed by atoms with Crippen molar-refractivity contribution in [2.24, 2.45) is 5.92 Å². The standard InChI is InChI=1S/C14H18N2O2/c1-2-18-13(9-6-7-9)14-15-8-10-11(16-14)4-3-5-12(10)17/h8-9,13H,2-7H2,1H3. The van der Waals surface area contributed by atoms with Crippen LogP contribution in [0.2, 0.25) is 0 Å². The Hall–Kier alpha value is -1.29. The van der Waals surface area contributed by atoms with Gasteiger partial charge in [-0.2, -0.15) is 0 Å². The molecule has 2 aliphatic rings. The number of Topliss-reactive ketones (excluding diaryl/α,β-unsaturated/α-hetero) is 1. The van der Waals surface area contributed by atoms with E-state index in [0.29, 0.717) is 18.9 Å². The van der Waals surface area contributed by atoms with Crippen molar-refractivity contribution in [3.63, 3.8) is 0 Å². The molecule has 96 valence electrons.